The molecule has 1 aliphatic rings. The average molecular weight is 260 g/mol. The lowest BCUT2D eigenvalue weighted by Crippen LogP contribution is -2.47. The molecule has 1 fully saturated rings. The first kappa shape index (κ1) is 13.3. The molecule has 1 saturated heterocycles. The predicted octanol–water partition coefficient (Wildman–Crippen LogP) is 1.76. The van der Waals surface area contributed by atoms with E-state index in [0.717, 1.165) is 25.2 Å². The maximum atomic E-state index is 12.8. The quantitative estimate of drug-likeness (QED) is 0.851. The number of β-amino-alcohol motifs (C(OH)–C–C–N with tert-alkyl or cyclic N) is 1. The monoisotopic (exact) mass is 260 g/mol. The lowest BCUT2D eigenvalue weighted by molar-refractivity contribution is -0.138. The van der Waals surface area contributed by atoms with Crippen molar-refractivity contribution in [2.75, 3.05) is 13.1 Å². The molecule has 1 unspecified atom stereocenters. The molecule has 1 aliphatic heterocycles. The van der Waals surface area contributed by atoms with E-state index in [1.807, 2.05) is 0 Å². The summed E-state index contributed by atoms with van der Waals surface area (Å²) in [5.74, 6) is 0. The SMILES string of the molecule is OC1(Cc2cnccc2C(F)(F)F)CCCNC1. The molecule has 0 amide bonds. The number of alkyl halides is 3. The van der Waals surface area contributed by atoms with E-state index in [2.05, 4.69) is 10.3 Å². The van der Waals surface area contributed by atoms with E-state index in [1.165, 1.54) is 6.20 Å². The van der Waals surface area contributed by atoms with Crippen LogP contribution in [0.4, 0.5) is 13.2 Å². The summed E-state index contributed by atoms with van der Waals surface area (Å²) in [4.78, 5) is 3.72. The normalized spacial score (nSPS) is 25.1. The smallest absolute Gasteiger partial charge is 0.388 e. The first-order chi connectivity index (χ1) is 8.41. The summed E-state index contributed by atoms with van der Waals surface area (Å²) < 4.78 is 38.4. The molecule has 2 N–H and O–H groups in total. The Kier molecular flexibility index (Phi) is 3.59. The summed E-state index contributed by atoms with van der Waals surface area (Å²) in [6, 6.07) is 0.953. The maximum Gasteiger partial charge on any atom is 0.416 e. The lowest BCUT2D eigenvalue weighted by Gasteiger charge is -2.33. The third-order valence-electron chi connectivity index (χ3n) is 3.18. The summed E-state index contributed by atoms with van der Waals surface area (Å²) in [5.41, 5.74) is -1.77. The molecule has 1 aromatic rings. The van der Waals surface area contributed by atoms with Crippen molar-refractivity contribution in [1.82, 2.24) is 10.3 Å². The van der Waals surface area contributed by atoms with Crippen LogP contribution in [0.25, 0.3) is 0 Å². The minimum Gasteiger partial charge on any atom is -0.388 e. The van der Waals surface area contributed by atoms with Crippen LogP contribution in [0.15, 0.2) is 18.5 Å². The molecule has 2 rings (SSSR count). The van der Waals surface area contributed by atoms with Gasteiger partial charge in [-0.1, -0.05) is 0 Å². The van der Waals surface area contributed by atoms with Crippen molar-refractivity contribution in [3.8, 4) is 0 Å². The van der Waals surface area contributed by atoms with E-state index in [-0.39, 0.29) is 12.0 Å². The molecule has 1 aromatic heterocycles. The standard InChI is InChI=1S/C12H15F3N2O/c13-12(14,15)10-2-5-16-7-9(10)6-11(18)3-1-4-17-8-11/h2,5,7,17-18H,1,3-4,6,8H2. The molecule has 0 spiro atoms. The molecule has 0 aliphatic carbocycles. The number of hydrogen-bond acceptors (Lipinski definition) is 3. The van der Waals surface area contributed by atoms with Gasteiger partial charge in [-0.25, -0.2) is 0 Å². The topological polar surface area (TPSA) is 45.2 Å². The van der Waals surface area contributed by atoms with Crippen molar-refractivity contribution in [2.45, 2.75) is 31.0 Å². The van der Waals surface area contributed by atoms with Gasteiger partial charge in [-0.3, -0.25) is 4.98 Å². The van der Waals surface area contributed by atoms with Crippen LogP contribution >= 0.6 is 0 Å². The second kappa shape index (κ2) is 4.85. The second-order valence-electron chi connectivity index (χ2n) is 4.71. The molecule has 6 heteroatoms. The van der Waals surface area contributed by atoms with E-state index in [4.69, 9.17) is 0 Å². The third-order valence-corrected chi connectivity index (χ3v) is 3.18. The zero-order chi connectivity index (χ0) is 13.2. The highest BCUT2D eigenvalue weighted by atomic mass is 19.4. The molecule has 0 radical (unpaired) electrons. The Balaban J connectivity index is 2.23. The van der Waals surface area contributed by atoms with Crippen LogP contribution in [0.3, 0.4) is 0 Å². The molecule has 0 saturated carbocycles. The number of nitrogens with one attached hydrogen (secondary N) is 1. The molecule has 1 atom stereocenters. The fourth-order valence-corrected chi connectivity index (χ4v) is 2.30. The van der Waals surface area contributed by atoms with Gasteiger partial charge in [0.25, 0.3) is 0 Å². The van der Waals surface area contributed by atoms with Crippen LogP contribution in [0.1, 0.15) is 24.0 Å². The summed E-state index contributed by atoms with van der Waals surface area (Å²) in [6.07, 6.45) is -0.853. The highest BCUT2D eigenvalue weighted by Crippen LogP contribution is 2.33. The number of nitrogens with zero attached hydrogens (tertiary/aromatic N) is 1. The van der Waals surface area contributed by atoms with Crippen LogP contribution in [0.5, 0.6) is 0 Å². The van der Waals surface area contributed by atoms with Gasteiger partial charge < -0.3 is 10.4 Å². The number of pyridine rings is 1. The van der Waals surface area contributed by atoms with Gasteiger partial charge in [0.1, 0.15) is 0 Å². The molecule has 2 heterocycles. The van der Waals surface area contributed by atoms with Crippen molar-refractivity contribution in [3.05, 3.63) is 29.6 Å². The van der Waals surface area contributed by atoms with Gasteiger partial charge in [-0.2, -0.15) is 13.2 Å². The van der Waals surface area contributed by atoms with Crippen LogP contribution in [0, 0.1) is 0 Å². The van der Waals surface area contributed by atoms with Crippen LogP contribution in [-0.2, 0) is 12.6 Å². The van der Waals surface area contributed by atoms with Crippen molar-refractivity contribution >= 4 is 0 Å². The highest BCUT2D eigenvalue weighted by molar-refractivity contribution is 5.28. The highest BCUT2D eigenvalue weighted by Gasteiger charge is 2.37. The van der Waals surface area contributed by atoms with E-state index in [9.17, 15) is 18.3 Å². The Morgan fingerprint density at radius 3 is 2.83 bits per heavy atom. The van der Waals surface area contributed by atoms with E-state index >= 15 is 0 Å². The van der Waals surface area contributed by atoms with Gasteiger partial charge in [0.2, 0.25) is 0 Å². The van der Waals surface area contributed by atoms with E-state index in [1.54, 1.807) is 0 Å². The van der Waals surface area contributed by atoms with Gasteiger partial charge in [0.15, 0.2) is 0 Å². The molecule has 100 valence electrons. The fraction of sp³-hybridized carbons (Fsp3) is 0.583. The zero-order valence-electron chi connectivity index (χ0n) is 9.80. The third kappa shape index (κ3) is 3.00. The van der Waals surface area contributed by atoms with Gasteiger partial charge >= 0.3 is 6.18 Å². The summed E-state index contributed by atoms with van der Waals surface area (Å²) in [6.45, 7) is 1.11. The average Bonchev–Trinajstić information content (AvgIpc) is 2.28. The van der Waals surface area contributed by atoms with E-state index in [0.29, 0.717) is 13.0 Å². The van der Waals surface area contributed by atoms with Crippen LogP contribution in [0.2, 0.25) is 0 Å². The first-order valence-electron chi connectivity index (χ1n) is 5.84. The van der Waals surface area contributed by atoms with Gasteiger partial charge in [0, 0.05) is 25.4 Å². The molecular weight excluding hydrogens is 245 g/mol. The minimum atomic E-state index is -4.41. The molecule has 3 nitrogen and oxygen atoms in total. The van der Waals surface area contributed by atoms with Gasteiger partial charge in [-0.05, 0) is 31.0 Å². The Morgan fingerprint density at radius 1 is 1.44 bits per heavy atom. The summed E-state index contributed by atoms with van der Waals surface area (Å²) >= 11 is 0. The Labute approximate surface area is 103 Å². The van der Waals surface area contributed by atoms with Crippen molar-refractivity contribution in [1.29, 1.82) is 0 Å². The van der Waals surface area contributed by atoms with E-state index < -0.39 is 17.3 Å². The second-order valence-corrected chi connectivity index (χ2v) is 4.71. The number of piperidine rings is 1. The number of halogens is 3. The van der Waals surface area contributed by atoms with Gasteiger partial charge in [-0.15, -0.1) is 0 Å². The number of aliphatic hydroxyl groups is 1. The summed E-state index contributed by atoms with van der Waals surface area (Å²) in [5, 5.41) is 13.3. The number of hydrogen-bond donors (Lipinski definition) is 2. The molecule has 18 heavy (non-hydrogen) atoms. The van der Waals surface area contributed by atoms with Crippen molar-refractivity contribution in [3.63, 3.8) is 0 Å². The van der Waals surface area contributed by atoms with Crippen molar-refractivity contribution in [2.24, 2.45) is 0 Å². The maximum absolute atomic E-state index is 12.8. The largest absolute Gasteiger partial charge is 0.416 e. The lowest BCUT2D eigenvalue weighted by atomic mass is 9.86. The fourth-order valence-electron chi connectivity index (χ4n) is 2.30. The molecule has 0 aromatic carbocycles. The summed E-state index contributed by atoms with van der Waals surface area (Å²) in [7, 11) is 0. The van der Waals surface area contributed by atoms with Crippen LogP contribution in [-0.4, -0.2) is 28.8 Å². The number of rotatable bonds is 2. The zero-order valence-corrected chi connectivity index (χ0v) is 9.80. The van der Waals surface area contributed by atoms with Crippen LogP contribution < -0.4 is 5.32 Å². The Morgan fingerprint density at radius 2 is 2.22 bits per heavy atom. The Hall–Kier alpha value is -1.14. The van der Waals surface area contributed by atoms with Crippen molar-refractivity contribution < 1.29 is 18.3 Å². The molecular formula is C12H15F3N2O. The number of aromatic nitrogens is 1. The Bertz CT molecular complexity index is 414. The molecule has 0 bridgehead atoms. The minimum absolute atomic E-state index is 0.0251. The first-order valence-corrected chi connectivity index (χ1v) is 5.84. The predicted molar refractivity (Wildman–Crippen MR) is 60.0 cm³/mol. The van der Waals surface area contributed by atoms with Gasteiger partial charge in [0.05, 0.1) is 11.2 Å².